The first-order valence-corrected chi connectivity index (χ1v) is 40.7. The van der Waals surface area contributed by atoms with Crippen LogP contribution in [0.2, 0.25) is 0 Å². The van der Waals surface area contributed by atoms with Crippen molar-refractivity contribution in [2.45, 2.75) is 382 Å². The van der Waals surface area contributed by atoms with E-state index in [4.69, 9.17) is 37.0 Å². The Balaban J connectivity index is 5.22. The molecule has 17 nitrogen and oxygen atoms in total. The zero-order valence-corrected chi connectivity index (χ0v) is 62.0. The number of unbranched alkanes of at least 4 members (excludes halogenated alkanes) is 35. The van der Waals surface area contributed by atoms with Crippen molar-refractivity contribution in [3.05, 3.63) is 0 Å². The van der Waals surface area contributed by atoms with Gasteiger partial charge in [-0.15, -0.1) is 0 Å². The third-order valence-electron chi connectivity index (χ3n) is 17.2. The average Bonchev–Trinajstić information content (AvgIpc) is 1.54. The maximum Gasteiger partial charge on any atom is 0.472 e. The van der Waals surface area contributed by atoms with Gasteiger partial charge in [0.05, 0.1) is 26.4 Å². The molecule has 3 unspecified atom stereocenters. The Morgan fingerprint density at radius 2 is 0.522 bits per heavy atom. The molecule has 0 spiro atoms. The molecule has 0 rings (SSSR count). The van der Waals surface area contributed by atoms with Crippen LogP contribution < -0.4 is 0 Å². The number of hydrogen-bond donors (Lipinski definition) is 3. The van der Waals surface area contributed by atoms with Gasteiger partial charge in [-0.25, -0.2) is 9.13 Å². The zero-order chi connectivity index (χ0) is 68.2. The van der Waals surface area contributed by atoms with E-state index in [-0.39, 0.29) is 25.7 Å². The summed E-state index contributed by atoms with van der Waals surface area (Å²) in [5.74, 6) is 0.870. The summed E-state index contributed by atoms with van der Waals surface area (Å²) in [6.07, 6.45) is 46.0. The van der Waals surface area contributed by atoms with Gasteiger partial charge in [0, 0.05) is 25.7 Å². The molecule has 0 aliphatic rings. The van der Waals surface area contributed by atoms with Crippen LogP contribution in [0.3, 0.4) is 0 Å². The van der Waals surface area contributed by atoms with Crippen molar-refractivity contribution in [2.75, 3.05) is 39.6 Å². The lowest BCUT2D eigenvalue weighted by Crippen LogP contribution is -2.30. The summed E-state index contributed by atoms with van der Waals surface area (Å²) in [4.78, 5) is 72.6. The number of carbonyl (C=O) groups excluding carboxylic acids is 4. The van der Waals surface area contributed by atoms with E-state index >= 15 is 0 Å². The Bertz CT molecular complexity index is 1820. The van der Waals surface area contributed by atoms with Crippen LogP contribution in [0.5, 0.6) is 0 Å². The van der Waals surface area contributed by atoms with Crippen molar-refractivity contribution in [3.8, 4) is 0 Å². The molecule has 0 aliphatic heterocycles. The van der Waals surface area contributed by atoms with Crippen LogP contribution in [0.25, 0.3) is 0 Å². The minimum atomic E-state index is -4.96. The van der Waals surface area contributed by atoms with Crippen LogP contribution in [-0.2, 0) is 65.4 Å². The average molecular weight is 1350 g/mol. The highest BCUT2D eigenvalue weighted by atomic mass is 31.2. The normalized spacial score (nSPS) is 14.5. The second kappa shape index (κ2) is 62.6. The first-order valence-electron chi connectivity index (χ1n) is 37.7. The number of phosphoric acid groups is 2. The van der Waals surface area contributed by atoms with Crippen LogP contribution in [-0.4, -0.2) is 96.7 Å². The molecule has 0 radical (unpaired) electrons. The number of rotatable bonds is 70. The molecule has 6 atom stereocenters. The number of aliphatic hydroxyl groups excluding tert-OH is 1. The third-order valence-corrected chi connectivity index (χ3v) is 19.1. The van der Waals surface area contributed by atoms with Crippen LogP contribution in [0, 0.1) is 23.7 Å². The van der Waals surface area contributed by atoms with E-state index in [9.17, 15) is 43.2 Å². The van der Waals surface area contributed by atoms with Crippen molar-refractivity contribution in [1.82, 2.24) is 0 Å². The summed E-state index contributed by atoms with van der Waals surface area (Å²) in [7, 11) is -9.91. The van der Waals surface area contributed by atoms with Crippen LogP contribution in [0.4, 0.5) is 0 Å². The van der Waals surface area contributed by atoms with Gasteiger partial charge in [-0.05, 0) is 49.4 Å². The maximum absolute atomic E-state index is 13.1. The molecular weight excluding hydrogens is 1210 g/mol. The van der Waals surface area contributed by atoms with E-state index < -0.39 is 97.5 Å². The molecule has 0 amide bonds. The molecule has 546 valence electrons. The molecule has 0 heterocycles. The predicted molar refractivity (Wildman–Crippen MR) is 372 cm³/mol. The van der Waals surface area contributed by atoms with E-state index in [1.807, 2.05) is 0 Å². The lowest BCUT2D eigenvalue weighted by molar-refractivity contribution is -0.161. The van der Waals surface area contributed by atoms with Gasteiger partial charge in [-0.1, -0.05) is 312 Å². The van der Waals surface area contributed by atoms with Crippen molar-refractivity contribution < 1.29 is 80.2 Å². The summed E-state index contributed by atoms with van der Waals surface area (Å²) in [5.41, 5.74) is 0. The fourth-order valence-corrected chi connectivity index (χ4v) is 12.6. The number of esters is 4. The standard InChI is InChI=1S/C73H142O17P2/c1-9-66(8)52-44-36-31-32-38-46-54-71(76)84-60-69(90-73(78)56-48-40-30-24-27-35-43-51-65(6)7)62-88-92(81,82)86-58-67(74)57-85-91(79,80)87-61-68(89-72(77)55-47-39-29-23-19-15-17-21-26-34-42-50-64(4)5)59-83-70(75)53-45-37-28-22-18-14-12-10-11-13-16-20-25-33-41-49-63(2)3/h63-69,74H,9-62H2,1-8H3,(H,79,80)(H,81,82)/t66?,67-,68-,69-/m1/s1. The molecule has 0 saturated heterocycles. The lowest BCUT2D eigenvalue weighted by atomic mass is 10.00. The summed E-state index contributed by atoms with van der Waals surface area (Å²) in [5, 5.41) is 10.6. The largest absolute Gasteiger partial charge is 0.472 e. The fourth-order valence-electron chi connectivity index (χ4n) is 11.0. The van der Waals surface area contributed by atoms with Gasteiger partial charge in [0.15, 0.2) is 12.2 Å². The molecular formula is C73H142O17P2. The number of aliphatic hydroxyl groups is 1. The SMILES string of the molecule is CCC(C)CCCCCCCCC(=O)OC[C@H](COP(=O)(O)OC[C@H](O)COP(=O)(O)OC[C@@H](COC(=O)CCCCCCCCCCCCCCCCCC(C)C)OC(=O)CCCCCCCCCCCCCC(C)C)OC(=O)CCCCCCCCCC(C)C. The number of hydrogen-bond acceptors (Lipinski definition) is 15. The highest BCUT2D eigenvalue weighted by molar-refractivity contribution is 7.47. The monoisotopic (exact) mass is 1350 g/mol. The maximum atomic E-state index is 13.1. The van der Waals surface area contributed by atoms with Gasteiger partial charge < -0.3 is 33.8 Å². The van der Waals surface area contributed by atoms with Gasteiger partial charge in [-0.2, -0.15) is 0 Å². The first kappa shape index (κ1) is 90.1. The number of carbonyl (C=O) groups is 4. The van der Waals surface area contributed by atoms with Crippen molar-refractivity contribution >= 4 is 39.5 Å². The Morgan fingerprint density at radius 1 is 0.304 bits per heavy atom. The summed E-state index contributed by atoms with van der Waals surface area (Å²) in [6, 6.07) is 0. The molecule has 0 aromatic carbocycles. The molecule has 0 bridgehead atoms. The number of ether oxygens (including phenoxy) is 4. The molecule has 0 aromatic rings. The van der Waals surface area contributed by atoms with Gasteiger partial charge >= 0.3 is 39.5 Å². The van der Waals surface area contributed by atoms with Gasteiger partial charge in [0.2, 0.25) is 0 Å². The van der Waals surface area contributed by atoms with Crippen molar-refractivity contribution in [3.63, 3.8) is 0 Å². The zero-order valence-electron chi connectivity index (χ0n) is 60.2. The molecule has 3 N–H and O–H groups in total. The highest BCUT2D eigenvalue weighted by Crippen LogP contribution is 2.45. The second-order valence-electron chi connectivity index (χ2n) is 28.0. The third kappa shape index (κ3) is 65.4. The molecule has 0 fully saturated rings. The molecule has 19 heteroatoms. The highest BCUT2D eigenvalue weighted by Gasteiger charge is 2.30. The first-order chi connectivity index (χ1) is 44.1. The molecule has 0 aliphatic carbocycles. The molecule has 0 aromatic heterocycles. The Labute approximate surface area is 562 Å². The Kier molecular flexibility index (Phi) is 61.3. The second-order valence-corrected chi connectivity index (χ2v) is 30.9. The minimum absolute atomic E-state index is 0.102. The molecule has 0 saturated carbocycles. The number of phosphoric ester groups is 2. The summed E-state index contributed by atoms with van der Waals surface area (Å²) < 4.78 is 68.4. The topological polar surface area (TPSA) is 237 Å². The smallest absolute Gasteiger partial charge is 0.462 e. The van der Waals surface area contributed by atoms with Gasteiger partial charge in [0.1, 0.15) is 19.3 Å². The van der Waals surface area contributed by atoms with E-state index in [1.165, 1.54) is 161 Å². The van der Waals surface area contributed by atoms with E-state index in [0.717, 1.165) is 114 Å². The predicted octanol–water partition coefficient (Wildman–Crippen LogP) is 20.9. The van der Waals surface area contributed by atoms with Gasteiger partial charge in [0.25, 0.3) is 0 Å². The van der Waals surface area contributed by atoms with Gasteiger partial charge in [-0.3, -0.25) is 37.3 Å². The van der Waals surface area contributed by atoms with Crippen LogP contribution >= 0.6 is 15.6 Å². The Hall–Kier alpha value is -1.94. The lowest BCUT2D eigenvalue weighted by Gasteiger charge is -2.21. The van der Waals surface area contributed by atoms with E-state index in [1.54, 1.807) is 0 Å². The van der Waals surface area contributed by atoms with E-state index in [0.29, 0.717) is 31.6 Å². The quantitative estimate of drug-likeness (QED) is 0.0222. The molecule has 92 heavy (non-hydrogen) atoms. The minimum Gasteiger partial charge on any atom is -0.462 e. The summed E-state index contributed by atoms with van der Waals surface area (Å²) in [6.45, 7) is 14.1. The fraction of sp³-hybridized carbons (Fsp3) is 0.945. The van der Waals surface area contributed by atoms with Crippen LogP contribution in [0.1, 0.15) is 364 Å². The Morgan fingerprint density at radius 3 is 0.772 bits per heavy atom. The van der Waals surface area contributed by atoms with E-state index in [2.05, 4.69) is 55.4 Å². The van der Waals surface area contributed by atoms with Crippen molar-refractivity contribution in [1.29, 1.82) is 0 Å². The van der Waals surface area contributed by atoms with Crippen molar-refractivity contribution in [2.24, 2.45) is 23.7 Å². The summed E-state index contributed by atoms with van der Waals surface area (Å²) >= 11 is 0. The van der Waals surface area contributed by atoms with Crippen LogP contribution in [0.15, 0.2) is 0 Å².